The van der Waals surface area contributed by atoms with E-state index in [9.17, 15) is 20.0 Å². The summed E-state index contributed by atoms with van der Waals surface area (Å²) < 4.78 is 35.8. The van der Waals surface area contributed by atoms with Crippen molar-refractivity contribution in [1.82, 2.24) is 15.1 Å². The minimum absolute atomic E-state index is 0.00982. The van der Waals surface area contributed by atoms with Gasteiger partial charge < -0.3 is 38.8 Å². The second-order valence-electron chi connectivity index (χ2n) is 14.6. The van der Waals surface area contributed by atoms with Crippen LogP contribution in [0.5, 0.6) is 28.7 Å². The molecule has 3 aromatic carbocycles. The lowest BCUT2D eigenvalue weighted by atomic mass is 9.71. The number of carbonyl (C=O) groups excluding carboxylic acids is 2. The summed E-state index contributed by atoms with van der Waals surface area (Å²) in [6.45, 7) is 5.55. The number of phenolic OH excluding ortho intramolecular Hbond substituents is 1. The van der Waals surface area contributed by atoms with Crippen LogP contribution in [-0.2, 0) is 25.5 Å². The molecular weight excluding hydrogens is 725 g/mol. The summed E-state index contributed by atoms with van der Waals surface area (Å²) in [4.78, 5) is 31.6. The van der Waals surface area contributed by atoms with E-state index in [0.717, 1.165) is 27.8 Å². The molecular formula is C41H44N4O9S. The quantitative estimate of drug-likeness (QED) is 0.193. The van der Waals surface area contributed by atoms with Gasteiger partial charge in [0.05, 0.1) is 30.5 Å². The minimum Gasteiger partial charge on any atom is -0.507 e. The van der Waals surface area contributed by atoms with Gasteiger partial charge in [0.2, 0.25) is 12.7 Å². The zero-order valence-corrected chi connectivity index (χ0v) is 32.4. The lowest BCUT2D eigenvalue weighted by Crippen LogP contribution is -2.69. The molecule has 2 N–H and O–H groups in total. The first-order chi connectivity index (χ1) is 26.6. The first-order valence-electron chi connectivity index (χ1n) is 18.3. The van der Waals surface area contributed by atoms with Crippen LogP contribution in [0, 0.1) is 32.1 Å². The van der Waals surface area contributed by atoms with Crippen molar-refractivity contribution in [2.75, 3.05) is 47.2 Å². The number of thioether (sulfide) groups is 1. The van der Waals surface area contributed by atoms with Crippen molar-refractivity contribution < 1.29 is 43.1 Å². The molecule has 1 amide bonds. The molecule has 0 radical (unpaired) electrons. The van der Waals surface area contributed by atoms with Gasteiger partial charge in [-0.15, -0.1) is 11.8 Å². The van der Waals surface area contributed by atoms with E-state index in [-0.39, 0.29) is 43.8 Å². The fraction of sp³-hybridized carbons (Fsp3) is 0.439. The lowest BCUT2D eigenvalue weighted by molar-refractivity contribution is -0.152. The molecule has 0 aliphatic carbocycles. The number of likely N-dealkylation sites (N-methyl/N-ethyl adjacent to an activating group) is 1. The highest BCUT2D eigenvalue weighted by molar-refractivity contribution is 7.99. The fourth-order valence-corrected chi connectivity index (χ4v) is 10.6. The van der Waals surface area contributed by atoms with Crippen molar-refractivity contribution in [3.05, 3.63) is 80.9 Å². The number of amides is 1. The van der Waals surface area contributed by atoms with Crippen molar-refractivity contribution in [1.29, 1.82) is 5.26 Å². The number of methoxy groups -OCH3 is 2. The Morgan fingerprint density at radius 2 is 1.85 bits per heavy atom. The van der Waals surface area contributed by atoms with Crippen LogP contribution in [0.4, 0.5) is 0 Å². The molecule has 4 bridgehead atoms. The molecule has 6 aliphatic heterocycles. The second-order valence-corrected chi connectivity index (χ2v) is 15.8. The molecule has 55 heavy (non-hydrogen) atoms. The highest BCUT2D eigenvalue weighted by Gasteiger charge is 2.60. The van der Waals surface area contributed by atoms with Crippen molar-refractivity contribution in [2.24, 2.45) is 0 Å². The maximum atomic E-state index is 13.9. The Balaban J connectivity index is 1.28. The number of hydrogen-bond donors (Lipinski definition) is 2. The Labute approximate surface area is 324 Å². The van der Waals surface area contributed by atoms with Crippen LogP contribution in [0.1, 0.15) is 61.8 Å². The predicted molar refractivity (Wildman–Crippen MR) is 203 cm³/mol. The van der Waals surface area contributed by atoms with Crippen LogP contribution in [0.15, 0.2) is 36.4 Å². The number of fused-ring (bicyclic) bond motifs is 10. The van der Waals surface area contributed by atoms with Gasteiger partial charge in [-0.1, -0.05) is 35.9 Å². The van der Waals surface area contributed by atoms with Gasteiger partial charge in [-0.2, -0.15) is 5.26 Å². The molecule has 288 valence electrons. The summed E-state index contributed by atoms with van der Waals surface area (Å²) in [7, 11) is 5.20. The largest absolute Gasteiger partial charge is 0.507 e. The summed E-state index contributed by atoms with van der Waals surface area (Å²) in [6, 6.07) is 9.06. The molecule has 0 saturated carbocycles. The number of nitrogens with zero attached hydrogens (tertiary/aromatic N) is 3. The number of piperazine rings is 1. The van der Waals surface area contributed by atoms with Gasteiger partial charge in [0.1, 0.15) is 24.4 Å². The van der Waals surface area contributed by atoms with E-state index in [1.54, 1.807) is 27.2 Å². The van der Waals surface area contributed by atoms with Crippen molar-refractivity contribution in [3.8, 4) is 34.8 Å². The molecule has 0 spiro atoms. The van der Waals surface area contributed by atoms with Gasteiger partial charge in [0, 0.05) is 53.3 Å². The number of benzene rings is 3. The molecule has 13 nitrogen and oxygen atoms in total. The molecule has 6 aliphatic rings. The van der Waals surface area contributed by atoms with Crippen molar-refractivity contribution in [3.63, 3.8) is 0 Å². The molecule has 0 aromatic heterocycles. The summed E-state index contributed by atoms with van der Waals surface area (Å²) in [5.74, 6) is 1.20. The third kappa shape index (κ3) is 6.05. The number of esters is 1. The van der Waals surface area contributed by atoms with Gasteiger partial charge in [0.25, 0.3) is 0 Å². The van der Waals surface area contributed by atoms with Gasteiger partial charge in [-0.25, -0.2) is 4.79 Å². The SMILES string of the molecule is COCOc1c(OC)c(C)cc2c1[C@H]1C3[C@@H]4SC[C@H](NC(=O)/C=C/c5ccc(C)cc5)C(=O)OC[C@@H](c5c6c(c(C)c(O)c54)OCO6)N3[C@@H](C#N)[C@H](C2)N1C. The molecule has 3 aromatic rings. The zero-order chi connectivity index (χ0) is 38.7. The molecule has 7 atom stereocenters. The normalized spacial score (nSPS) is 26.7. The van der Waals surface area contributed by atoms with E-state index in [1.165, 1.54) is 17.8 Å². The van der Waals surface area contributed by atoms with Crippen LogP contribution >= 0.6 is 11.8 Å². The van der Waals surface area contributed by atoms with Crippen molar-refractivity contribution in [2.45, 2.75) is 68.7 Å². The predicted octanol–water partition coefficient (Wildman–Crippen LogP) is 4.80. The monoisotopic (exact) mass is 768 g/mol. The smallest absolute Gasteiger partial charge is 0.329 e. The number of carbonyl (C=O) groups is 2. The Morgan fingerprint density at radius 3 is 2.58 bits per heavy atom. The standard InChI is InChI=1S/C41H44N4O9S/c1-20-7-9-23(10-8-20)11-12-29(46)43-25-17-55-40-32-31(39-37(53-19-54-39)22(3)35(32)47)28(16-51-41(25)48)45-27(15-42)26-14-24-13-21(2)36(50-6)38(52-18-49-5)30(24)33(34(40)45)44(26)4/h7-13,25-28,33-34,40,47H,14,16-19H2,1-6H3,(H,43,46)/b12-11+/t25-,26-,27-,28-,33-,34?,40+/m0/s1. The number of nitriles is 1. The number of nitrogens with one attached hydrogen (secondary N) is 1. The average Bonchev–Trinajstić information content (AvgIpc) is 3.67. The number of hydrogen-bond acceptors (Lipinski definition) is 13. The van der Waals surface area contributed by atoms with Gasteiger partial charge in [-0.05, 0) is 57.0 Å². The van der Waals surface area contributed by atoms with Gasteiger partial charge in [0.15, 0.2) is 29.8 Å². The number of phenols is 1. The van der Waals surface area contributed by atoms with Crippen LogP contribution in [0.3, 0.4) is 0 Å². The number of aryl methyl sites for hydroxylation is 2. The van der Waals surface area contributed by atoms with Gasteiger partial charge >= 0.3 is 5.97 Å². The maximum Gasteiger partial charge on any atom is 0.329 e. The molecule has 2 saturated heterocycles. The van der Waals surface area contributed by atoms with E-state index in [2.05, 4.69) is 27.3 Å². The zero-order valence-electron chi connectivity index (χ0n) is 31.6. The van der Waals surface area contributed by atoms with E-state index >= 15 is 0 Å². The average molecular weight is 769 g/mol. The first-order valence-corrected chi connectivity index (χ1v) is 19.3. The van der Waals surface area contributed by atoms with Crippen LogP contribution in [-0.4, -0.2) is 98.2 Å². The minimum atomic E-state index is -1.00. The van der Waals surface area contributed by atoms with Crippen molar-refractivity contribution >= 4 is 29.7 Å². The lowest BCUT2D eigenvalue weighted by Gasteiger charge is -2.61. The number of ether oxygens (including phenoxy) is 6. The summed E-state index contributed by atoms with van der Waals surface area (Å²) >= 11 is 1.42. The Bertz CT molecular complexity index is 2120. The van der Waals surface area contributed by atoms with E-state index in [4.69, 9.17) is 28.4 Å². The first kappa shape index (κ1) is 37.0. The summed E-state index contributed by atoms with van der Waals surface area (Å²) in [5.41, 5.74) is 6.61. The highest BCUT2D eigenvalue weighted by Crippen LogP contribution is 2.64. The summed E-state index contributed by atoms with van der Waals surface area (Å²) in [5, 5.41) is 25.6. The van der Waals surface area contributed by atoms with Crippen LogP contribution < -0.4 is 24.3 Å². The summed E-state index contributed by atoms with van der Waals surface area (Å²) in [6.07, 6.45) is 3.66. The Morgan fingerprint density at radius 1 is 1.09 bits per heavy atom. The fourth-order valence-electron chi connectivity index (χ4n) is 9.11. The molecule has 1 unspecified atom stereocenters. The topological polar surface area (TPSA) is 152 Å². The molecule has 6 heterocycles. The van der Waals surface area contributed by atoms with E-state index in [1.807, 2.05) is 45.2 Å². The van der Waals surface area contributed by atoms with Crippen LogP contribution in [0.2, 0.25) is 0 Å². The Kier molecular flexibility index (Phi) is 9.83. The number of aromatic hydroxyl groups is 1. The second kappa shape index (κ2) is 14.6. The highest BCUT2D eigenvalue weighted by atomic mass is 32.2. The molecule has 9 rings (SSSR count). The van der Waals surface area contributed by atoms with Gasteiger partial charge in [-0.3, -0.25) is 14.6 Å². The van der Waals surface area contributed by atoms with E-state index < -0.39 is 41.3 Å². The maximum absolute atomic E-state index is 13.9. The van der Waals surface area contributed by atoms with Crippen LogP contribution in [0.25, 0.3) is 6.08 Å². The third-order valence-electron chi connectivity index (χ3n) is 11.6. The number of rotatable bonds is 7. The van der Waals surface area contributed by atoms with E-state index in [0.29, 0.717) is 46.1 Å². The molecule has 14 heteroatoms. The molecule has 2 fully saturated rings. The third-order valence-corrected chi connectivity index (χ3v) is 13.0. The Hall–Kier alpha value is -4.94.